The van der Waals surface area contributed by atoms with Crippen LogP contribution in [0.15, 0.2) is 28.7 Å². The van der Waals surface area contributed by atoms with Crippen LogP contribution in [0.1, 0.15) is 31.7 Å². The Morgan fingerprint density at radius 1 is 1.35 bits per heavy atom. The van der Waals surface area contributed by atoms with Crippen LogP contribution < -0.4 is 5.32 Å². The van der Waals surface area contributed by atoms with Gasteiger partial charge in [0.25, 0.3) is 0 Å². The average molecular weight is 296 g/mol. The van der Waals surface area contributed by atoms with E-state index in [1.807, 2.05) is 24.3 Å². The van der Waals surface area contributed by atoms with Crippen molar-refractivity contribution in [1.29, 1.82) is 0 Å². The van der Waals surface area contributed by atoms with E-state index < -0.39 is 0 Å². The van der Waals surface area contributed by atoms with Gasteiger partial charge in [0.15, 0.2) is 0 Å². The summed E-state index contributed by atoms with van der Waals surface area (Å²) in [6.07, 6.45) is 3.43. The predicted molar refractivity (Wildman–Crippen MR) is 72.5 cm³/mol. The van der Waals surface area contributed by atoms with Crippen LogP contribution in [0.25, 0.3) is 0 Å². The number of hydrogen-bond acceptors (Lipinski definition) is 1. The lowest BCUT2D eigenvalue weighted by Gasteiger charge is -2.15. The van der Waals surface area contributed by atoms with Crippen molar-refractivity contribution in [1.82, 2.24) is 5.32 Å². The summed E-state index contributed by atoms with van der Waals surface area (Å²) in [5.74, 6) is 0.989. The first kappa shape index (κ1) is 12.6. The maximum absolute atomic E-state index is 12.0. The number of carbonyl (C=O) groups excluding carboxylic acids is 1. The Hall–Kier alpha value is -0.830. The number of hydrogen-bond donors (Lipinski definition) is 1. The Bertz CT molecular complexity index is 388. The van der Waals surface area contributed by atoms with E-state index in [0.717, 1.165) is 16.5 Å². The van der Waals surface area contributed by atoms with Gasteiger partial charge in [-0.1, -0.05) is 41.4 Å². The molecule has 1 aromatic carbocycles. The molecule has 1 aromatic rings. The minimum absolute atomic E-state index is 0.220. The summed E-state index contributed by atoms with van der Waals surface area (Å²) in [5.41, 5.74) is 1.15. The molecule has 2 rings (SSSR count). The normalized spacial score (nSPS) is 23.6. The Morgan fingerprint density at radius 2 is 2.06 bits per heavy atom. The highest BCUT2D eigenvalue weighted by Gasteiger charge is 2.29. The van der Waals surface area contributed by atoms with Crippen LogP contribution in [0.3, 0.4) is 0 Å². The molecule has 1 fully saturated rings. The molecule has 2 unspecified atom stereocenters. The van der Waals surface area contributed by atoms with E-state index in [4.69, 9.17) is 0 Å². The minimum Gasteiger partial charge on any atom is -0.352 e. The molecule has 0 aromatic heterocycles. The van der Waals surface area contributed by atoms with Crippen LogP contribution in [0.4, 0.5) is 0 Å². The van der Waals surface area contributed by atoms with Gasteiger partial charge in [0.05, 0.1) is 0 Å². The lowest BCUT2D eigenvalue weighted by Crippen LogP contribution is -2.31. The van der Waals surface area contributed by atoms with Crippen molar-refractivity contribution in [2.45, 2.75) is 32.7 Å². The fourth-order valence-electron chi connectivity index (χ4n) is 2.46. The average Bonchev–Trinajstić information content (AvgIpc) is 2.74. The third-order valence-corrected chi connectivity index (χ3v) is 4.11. The third-order valence-electron chi connectivity index (χ3n) is 3.58. The highest BCUT2D eigenvalue weighted by atomic mass is 79.9. The highest BCUT2D eigenvalue weighted by Crippen LogP contribution is 2.31. The fourth-order valence-corrected chi connectivity index (χ4v) is 2.72. The second-order valence-corrected chi connectivity index (χ2v) is 5.77. The van der Waals surface area contributed by atoms with E-state index in [9.17, 15) is 4.79 Å². The molecule has 0 spiro atoms. The van der Waals surface area contributed by atoms with E-state index in [-0.39, 0.29) is 11.8 Å². The van der Waals surface area contributed by atoms with E-state index >= 15 is 0 Å². The first-order valence-electron chi connectivity index (χ1n) is 6.19. The van der Waals surface area contributed by atoms with Crippen LogP contribution >= 0.6 is 15.9 Å². The molecule has 1 amide bonds. The summed E-state index contributed by atoms with van der Waals surface area (Å²) in [6, 6.07) is 8.06. The van der Waals surface area contributed by atoms with Crippen molar-refractivity contribution in [3.8, 4) is 0 Å². The second kappa shape index (κ2) is 5.67. The van der Waals surface area contributed by atoms with E-state index in [2.05, 4.69) is 28.2 Å². The zero-order valence-electron chi connectivity index (χ0n) is 10.1. The van der Waals surface area contributed by atoms with Gasteiger partial charge in [-0.2, -0.15) is 0 Å². The Labute approximate surface area is 111 Å². The fraction of sp³-hybridized carbons (Fsp3) is 0.500. The third kappa shape index (κ3) is 3.32. The molecular formula is C14H18BrNO. The number of halogens is 1. The van der Waals surface area contributed by atoms with Crippen molar-refractivity contribution < 1.29 is 4.79 Å². The number of carbonyl (C=O) groups is 1. The molecule has 1 N–H and O–H groups in total. The van der Waals surface area contributed by atoms with Crippen LogP contribution in [-0.4, -0.2) is 5.91 Å². The molecule has 0 aliphatic heterocycles. The standard InChI is InChI=1S/C14H18BrNO/c1-10-3-2-4-13(10)14(17)16-9-11-5-7-12(15)8-6-11/h5-8,10,13H,2-4,9H2,1H3,(H,16,17). The second-order valence-electron chi connectivity index (χ2n) is 4.86. The zero-order valence-corrected chi connectivity index (χ0v) is 11.7. The first-order chi connectivity index (χ1) is 8.16. The van der Waals surface area contributed by atoms with E-state index in [1.165, 1.54) is 12.8 Å². The molecule has 0 saturated heterocycles. The van der Waals surface area contributed by atoms with Gasteiger partial charge in [-0.05, 0) is 36.5 Å². The van der Waals surface area contributed by atoms with Gasteiger partial charge < -0.3 is 5.32 Å². The zero-order chi connectivity index (χ0) is 12.3. The topological polar surface area (TPSA) is 29.1 Å². The van der Waals surface area contributed by atoms with Gasteiger partial charge in [-0.15, -0.1) is 0 Å². The number of benzene rings is 1. The van der Waals surface area contributed by atoms with Gasteiger partial charge >= 0.3 is 0 Å². The summed E-state index contributed by atoms with van der Waals surface area (Å²) < 4.78 is 1.07. The first-order valence-corrected chi connectivity index (χ1v) is 6.98. The Kier molecular flexibility index (Phi) is 4.21. The summed E-state index contributed by atoms with van der Waals surface area (Å²) >= 11 is 3.40. The summed E-state index contributed by atoms with van der Waals surface area (Å²) in [5, 5.41) is 3.04. The van der Waals surface area contributed by atoms with Gasteiger partial charge in [0.1, 0.15) is 0 Å². The summed E-state index contributed by atoms with van der Waals surface area (Å²) in [7, 11) is 0. The predicted octanol–water partition coefficient (Wildman–Crippen LogP) is 3.50. The number of rotatable bonds is 3. The van der Waals surface area contributed by atoms with Gasteiger partial charge in [0.2, 0.25) is 5.91 Å². The highest BCUT2D eigenvalue weighted by molar-refractivity contribution is 9.10. The van der Waals surface area contributed by atoms with Crippen molar-refractivity contribution in [3.05, 3.63) is 34.3 Å². The molecule has 92 valence electrons. The van der Waals surface area contributed by atoms with Crippen LogP contribution in [-0.2, 0) is 11.3 Å². The van der Waals surface area contributed by atoms with Crippen LogP contribution in [0.2, 0.25) is 0 Å². The summed E-state index contributed by atoms with van der Waals surface area (Å²) in [4.78, 5) is 12.0. The molecule has 17 heavy (non-hydrogen) atoms. The number of amides is 1. The number of nitrogens with one attached hydrogen (secondary N) is 1. The molecule has 0 bridgehead atoms. The van der Waals surface area contributed by atoms with E-state index in [1.54, 1.807) is 0 Å². The van der Waals surface area contributed by atoms with Gasteiger partial charge in [0, 0.05) is 16.9 Å². The molecule has 2 atom stereocenters. The van der Waals surface area contributed by atoms with Crippen molar-refractivity contribution in [3.63, 3.8) is 0 Å². The monoisotopic (exact) mass is 295 g/mol. The van der Waals surface area contributed by atoms with Crippen molar-refractivity contribution in [2.24, 2.45) is 11.8 Å². The molecule has 2 nitrogen and oxygen atoms in total. The lowest BCUT2D eigenvalue weighted by atomic mass is 9.97. The SMILES string of the molecule is CC1CCCC1C(=O)NCc1ccc(Br)cc1. The van der Waals surface area contributed by atoms with Gasteiger partial charge in [-0.3, -0.25) is 4.79 Å². The molecule has 1 aliphatic rings. The Morgan fingerprint density at radius 3 is 2.65 bits per heavy atom. The van der Waals surface area contributed by atoms with Crippen LogP contribution in [0, 0.1) is 11.8 Å². The largest absolute Gasteiger partial charge is 0.352 e. The molecule has 0 radical (unpaired) electrons. The quantitative estimate of drug-likeness (QED) is 0.908. The molecule has 0 heterocycles. The molecular weight excluding hydrogens is 278 g/mol. The van der Waals surface area contributed by atoms with Gasteiger partial charge in [-0.25, -0.2) is 0 Å². The van der Waals surface area contributed by atoms with Crippen LogP contribution in [0.5, 0.6) is 0 Å². The van der Waals surface area contributed by atoms with Crippen molar-refractivity contribution in [2.75, 3.05) is 0 Å². The smallest absolute Gasteiger partial charge is 0.223 e. The van der Waals surface area contributed by atoms with E-state index in [0.29, 0.717) is 12.5 Å². The lowest BCUT2D eigenvalue weighted by molar-refractivity contribution is -0.126. The molecule has 1 aliphatic carbocycles. The molecule has 1 saturated carbocycles. The maximum Gasteiger partial charge on any atom is 0.223 e. The maximum atomic E-state index is 12.0. The summed E-state index contributed by atoms with van der Waals surface area (Å²) in [6.45, 7) is 2.81. The van der Waals surface area contributed by atoms with Crippen molar-refractivity contribution >= 4 is 21.8 Å². The Balaban J connectivity index is 1.85. The minimum atomic E-state index is 0.220. The molecule has 3 heteroatoms.